The summed E-state index contributed by atoms with van der Waals surface area (Å²) in [7, 11) is 0. The summed E-state index contributed by atoms with van der Waals surface area (Å²) >= 11 is 6.00. The average Bonchev–Trinajstić information content (AvgIpc) is 3.25. The first-order valence-corrected chi connectivity index (χ1v) is 8.00. The summed E-state index contributed by atoms with van der Waals surface area (Å²) in [6.45, 7) is 1.35. The zero-order chi connectivity index (χ0) is 16.5. The van der Waals surface area contributed by atoms with E-state index in [9.17, 15) is 4.79 Å². The van der Waals surface area contributed by atoms with Gasteiger partial charge in [0.25, 0.3) is 0 Å². The summed E-state index contributed by atoms with van der Waals surface area (Å²) in [5.74, 6) is 0.919. The first kappa shape index (κ1) is 14.9. The molecule has 1 saturated heterocycles. The number of anilines is 2. The second-order valence-electron chi connectivity index (χ2n) is 5.63. The van der Waals surface area contributed by atoms with Gasteiger partial charge in [-0.25, -0.2) is 9.97 Å². The maximum Gasteiger partial charge on any atom is 0.231 e. The maximum atomic E-state index is 12.4. The predicted molar refractivity (Wildman–Crippen MR) is 88.8 cm³/mol. The molecule has 0 aliphatic carbocycles. The molecule has 4 heterocycles. The quantitative estimate of drug-likeness (QED) is 0.620. The van der Waals surface area contributed by atoms with Crippen LogP contribution in [0.5, 0.6) is 0 Å². The highest BCUT2D eigenvalue weighted by molar-refractivity contribution is 6.28. The van der Waals surface area contributed by atoms with Gasteiger partial charge in [-0.3, -0.25) is 10.1 Å². The number of hydrogen-bond acceptors (Lipinski definition) is 6. The van der Waals surface area contributed by atoms with Gasteiger partial charge in [0.1, 0.15) is 5.52 Å². The lowest BCUT2D eigenvalue weighted by Gasteiger charge is -2.32. The van der Waals surface area contributed by atoms with E-state index in [-0.39, 0.29) is 17.1 Å². The Balaban J connectivity index is 1.56. The molecule has 4 rings (SSSR count). The van der Waals surface area contributed by atoms with Gasteiger partial charge in [-0.15, -0.1) is 0 Å². The van der Waals surface area contributed by atoms with Crippen molar-refractivity contribution in [1.82, 2.24) is 29.9 Å². The summed E-state index contributed by atoms with van der Waals surface area (Å²) in [4.78, 5) is 37.0. The van der Waals surface area contributed by atoms with Crippen LogP contribution < -0.4 is 10.2 Å². The van der Waals surface area contributed by atoms with Crippen LogP contribution >= 0.6 is 11.6 Å². The lowest BCUT2D eigenvalue weighted by Crippen LogP contribution is -2.41. The van der Waals surface area contributed by atoms with Crippen molar-refractivity contribution >= 4 is 40.4 Å². The number of nitrogens with zero attached hydrogens (tertiary/aromatic N) is 5. The second-order valence-corrected chi connectivity index (χ2v) is 5.97. The molecule has 1 atom stereocenters. The Labute approximate surface area is 141 Å². The molecule has 0 radical (unpaired) electrons. The molecule has 1 aliphatic rings. The highest BCUT2D eigenvalue weighted by Crippen LogP contribution is 2.27. The number of H-pyrrole nitrogens is 2. The van der Waals surface area contributed by atoms with Crippen LogP contribution in [0, 0.1) is 5.92 Å². The average molecular weight is 347 g/mol. The fraction of sp³-hybridized carbons (Fsp3) is 0.357. The van der Waals surface area contributed by atoms with E-state index in [1.807, 2.05) is 4.90 Å². The van der Waals surface area contributed by atoms with Gasteiger partial charge >= 0.3 is 0 Å². The lowest BCUT2D eigenvalue weighted by atomic mass is 9.97. The number of hydrogen-bond donors (Lipinski definition) is 3. The SMILES string of the molecule is O=C(Nc1ncc[nH]1)C1CCCN(c2nc(Cl)nc3nc[nH]c23)C1. The van der Waals surface area contributed by atoms with Crippen LogP contribution in [0.1, 0.15) is 12.8 Å². The minimum Gasteiger partial charge on any atom is -0.354 e. The monoisotopic (exact) mass is 346 g/mol. The molecule has 1 amide bonds. The molecule has 9 nitrogen and oxygen atoms in total. The molecule has 1 aliphatic heterocycles. The van der Waals surface area contributed by atoms with Crippen molar-refractivity contribution < 1.29 is 4.79 Å². The second kappa shape index (κ2) is 6.08. The number of aromatic amines is 2. The summed E-state index contributed by atoms with van der Waals surface area (Å²) in [6, 6.07) is 0. The minimum atomic E-state index is -0.157. The standard InChI is InChI=1S/C14H15ClN8O/c15-13-20-10-9(18-7-19-10)11(21-13)23-5-1-2-8(6-23)12(24)22-14-16-3-4-17-14/h3-4,7-8H,1-2,5-6H2,(H2,16,17,22,24)(H,18,19,20,21). The van der Waals surface area contributed by atoms with Crippen LogP contribution in [0.15, 0.2) is 18.7 Å². The molecule has 1 unspecified atom stereocenters. The Kier molecular flexibility index (Phi) is 3.77. The number of amides is 1. The normalized spacial score (nSPS) is 18.0. The number of nitrogens with one attached hydrogen (secondary N) is 3. The minimum absolute atomic E-state index is 0.0596. The Morgan fingerprint density at radius 3 is 3.08 bits per heavy atom. The topological polar surface area (TPSA) is 115 Å². The molecular formula is C14H15ClN8O. The van der Waals surface area contributed by atoms with Gasteiger partial charge in [0, 0.05) is 25.5 Å². The molecular weight excluding hydrogens is 332 g/mol. The first-order chi connectivity index (χ1) is 11.7. The molecule has 10 heteroatoms. The van der Waals surface area contributed by atoms with E-state index >= 15 is 0 Å². The molecule has 0 spiro atoms. The third-order valence-corrected chi connectivity index (χ3v) is 4.24. The maximum absolute atomic E-state index is 12.4. The van der Waals surface area contributed by atoms with Gasteiger partial charge in [-0.1, -0.05) is 0 Å². The van der Waals surface area contributed by atoms with Crippen LogP contribution in [0.4, 0.5) is 11.8 Å². The molecule has 0 saturated carbocycles. The highest BCUT2D eigenvalue weighted by atomic mass is 35.5. The molecule has 3 aromatic rings. The molecule has 3 N–H and O–H groups in total. The van der Waals surface area contributed by atoms with E-state index in [0.29, 0.717) is 24.0 Å². The van der Waals surface area contributed by atoms with Crippen LogP contribution in [0.25, 0.3) is 11.2 Å². The van der Waals surface area contributed by atoms with Crippen molar-refractivity contribution in [1.29, 1.82) is 0 Å². The van der Waals surface area contributed by atoms with Crippen LogP contribution in [-0.4, -0.2) is 48.9 Å². The van der Waals surface area contributed by atoms with Crippen LogP contribution in [0.2, 0.25) is 5.28 Å². The number of halogens is 1. The third kappa shape index (κ3) is 2.78. The van der Waals surface area contributed by atoms with Crippen molar-refractivity contribution in [3.8, 4) is 0 Å². The van der Waals surface area contributed by atoms with Crippen molar-refractivity contribution in [2.45, 2.75) is 12.8 Å². The van der Waals surface area contributed by atoms with Crippen LogP contribution in [0.3, 0.4) is 0 Å². The smallest absolute Gasteiger partial charge is 0.231 e. The molecule has 24 heavy (non-hydrogen) atoms. The van der Waals surface area contributed by atoms with Crippen molar-refractivity contribution in [2.24, 2.45) is 5.92 Å². The molecule has 124 valence electrons. The van der Waals surface area contributed by atoms with E-state index < -0.39 is 0 Å². The summed E-state index contributed by atoms with van der Waals surface area (Å²) in [6.07, 6.45) is 6.52. The van der Waals surface area contributed by atoms with Crippen molar-refractivity contribution in [3.63, 3.8) is 0 Å². The third-order valence-electron chi connectivity index (χ3n) is 4.07. The van der Waals surface area contributed by atoms with Crippen molar-refractivity contribution in [2.75, 3.05) is 23.3 Å². The van der Waals surface area contributed by atoms with Gasteiger partial charge in [0.05, 0.1) is 12.2 Å². The number of imidazole rings is 2. The van der Waals surface area contributed by atoms with E-state index in [2.05, 4.69) is 35.2 Å². The zero-order valence-corrected chi connectivity index (χ0v) is 13.4. The Morgan fingerprint density at radius 1 is 1.33 bits per heavy atom. The number of fused-ring (bicyclic) bond motifs is 1. The van der Waals surface area contributed by atoms with E-state index in [0.717, 1.165) is 24.9 Å². The molecule has 0 bridgehead atoms. The fourth-order valence-electron chi connectivity index (χ4n) is 2.96. The zero-order valence-electron chi connectivity index (χ0n) is 12.7. The first-order valence-electron chi connectivity index (χ1n) is 7.62. The van der Waals surface area contributed by atoms with E-state index in [1.165, 1.54) is 0 Å². The number of rotatable bonds is 3. The number of carbonyl (C=O) groups excluding carboxylic acids is 1. The number of carbonyl (C=O) groups is 1. The summed E-state index contributed by atoms with van der Waals surface area (Å²) < 4.78 is 0. The van der Waals surface area contributed by atoms with E-state index in [1.54, 1.807) is 18.7 Å². The Hall–Kier alpha value is -2.68. The Bertz CT molecular complexity index is 861. The van der Waals surface area contributed by atoms with Gasteiger partial charge < -0.3 is 14.9 Å². The molecule has 0 aromatic carbocycles. The summed E-state index contributed by atoms with van der Waals surface area (Å²) in [5, 5.41) is 2.94. The van der Waals surface area contributed by atoms with E-state index in [4.69, 9.17) is 11.6 Å². The lowest BCUT2D eigenvalue weighted by molar-refractivity contribution is -0.120. The predicted octanol–water partition coefficient (Wildman–Crippen LogP) is 1.58. The number of piperidine rings is 1. The van der Waals surface area contributed by atoms with Crippen molar-refractivity contribution in [3.05, 3.63) is 24.0 Å². The number of aromatic nitrogens is 6. The summed E-state index contributed by atoms with van der Waals surface area (Å²) in [5.41, 5.74) is 1.25. The highest BCUT2D eigenvalue weighted by Gasteiger charge is 2.28. The van der Waals surface area contributed by atoms with Crippen LogP contribution in [-0.2, 0) is 4.79 Å². The molecule has 1 fully saturated rings. The van der Waals surface area contributed by atoms with Gasteiger partial charge in [0.2, 0.25) is 17.1 Å². The fourth-order valence-corrected chi connectivity index (χ4v) is 3.12. The van der Waals surface area contributed by atoms with Gasteiger partial charge in [-0.2, -0.15) is 9.97 Å². The van der Waals surface area contributed by atoms with Gasteiger partial charge in [0.15, 0.2) is 11.5 Å². The molecule has 3 aromatic heterocycles. The Morgan fingerprint density at radius 2 is 2.25 bits per heavy atom. The van der Waals surface area contributed by atoms with Gasteiger partial charge in [-0.05, 0) is 24.4 Å². The largest absolute Gasteiger partial charge is 0.354 e.